The molecular weight excluding hydrogens is 523 g/mol. The zero-order valence-electron chi connectivity index (χ0n) is 18.4. The highest BCUT2D eigenvalue weighted by Gasteiger charge is 2.21. The smallest absolute Gasteiger partial charge is 0.387 e. The number of methoxy groups -OCH3 is 2. The van der Waals surface area contributed by atoms with Crippen molar-refractivity contribution in [2.75, 3.05) is 54.1 Å². The Morgan fingerprint density at radius 1 is 1.19 bits per heavy atom. The molecule has 0 amide bonds. The van der Waals surface area contributed by atoms with E-state index in [-0.39, 0.29) is 41.6 Å². The molecule has 178 valence electrons. The van der Waals surface area contributed by atoms with Crippen LogP contribution in [0.15, 0.2) is 23.2 Å². The lowest BCUT2D eigenvalue weighted by Gasteiger charge is -2.34. The zero-order valence-corrected chi connectivity index (χ0v) is 20.8. The van der Waals surface area contributed by atoms with Gasteiger partial charge in [0.25, 0.3) is 0 Å². The van der Waals surface area contributed by atoms with Crippen molar-refractivity contribution < 1.29 is 27.7 Å². The second-order valence-electron chi connectivity index (χ2n) is 6.99. The van der Waals surface area contributed by atoms with E-state index in [1.807, 2.05) is 6.07 Å². The highest BCUT2D eigenvalue weighted by Crippen LogP contribution is 2.29. The summed E-state index contributed by atoms with van der Waals surface area (Å²) < 4.78 is 45.7. The maximum absolute atomic E-state index is 12.6. The summed E-state index contributed by atoms with van der Waals surface area (Å²) in [7, 11) is 4.88. The Kier molecular flexibility index (Phi) is 13.7. The molecule has 2 rings (SSSR count). The van der Waals surface area contributed by atoms with E-state index in [1.165, 1.54) is 7.11 Å². The molecule has 1 aliphatic heterocycles. The summed E-state index contributed by atoms with van der Waals surface area (Å²) >= 11 is 0. The van der Waals surface area contributed by atoms with Gasteiger partial charge in [-0.1, -0.05) is 6.07 Å². The summed E-state index contributed by atoms with van der Waals surface area (Å²) in [6, 6.07) is 5.06. The van der Waals surface area contributed by atoms with Crippen molar-refractivity contribution in [2.45, 2.75) is 38.4 Å². The SMILES string of the molecule is CN=C(NCCc1ccc(OC)c(OC(F)F)c1)N1CCC(OCCCOC)CC1.I. The van der Waals surface area contributed by atoms with Crippen LogP contribution in [-0.2, 0) is 15.9 Å². The van der Waals surface area contributed by atoms with Crippen LogP contribution >= 0.6 is 24.0 Å². The molecule has 0 aliphatic carbocycles. The van der Waals surface area contributed by atoms with Crippen LogP contribution in [0.5, 0.6) is 11.5 Å². The molecule has 0 aromatic heterocycles. The minimum absolute atomic E-state index is 0. The number of benzene rings is 1. The number of guanidine groups is 1. The Labute approximate surface area is 200 Å². The molecule has 7 nitrogen and oxygen atoms in total. The zero-order chi connectivity index (χ0) is 21.8. The standard InChI is InChI=1S/C21H33F2N3O4.HI/c1-24-21(26-11-8-17(9-12-26)29-14-4-13-27-2)25-10-7-16-5-6-18(28-3)19(15-16)30-20(22)23;/h5-6,15,17,20H,4,7-14H2,1-3H3,(H,24,25);1H. The number of hydrogen-bond donors (Lipinski definition) is 1. The topological polar surface area (TPSA) is 64.6 Å². The molecule has 1 heterocycles. The Hall–Kier alpha value is -1.40. The first-order chi connectivity index (χ1) is 14.6. The fourth-order valence-electron chi connectivity index (χ4n) is 3.40. The molecule has 1 aromatic carbocycles. The maximum Gasteiger partial charge on any atom is 0.387 e. The molecule has 31 heavy (non-hydrogen) atoms. The van der Waals surface area contributed by atoms with E-state index in [0.29, 0.717) is 13.0 Å². The molecule has 0 atom stereocenters. The lowest BCUT2D eigenvalue weighted by Crippen LogP contribution is -2.47. The second-order valence-corrected chi connectivity index (χ2v) is 6.99. The number of piperidine rings is 1. The van der Waals surface area contributed by atoms with Gasteiger partial charge in [-0.3, -0.25) is 4.99 Å². The van der Waals surface area contributed by atoms with Crippen LogP contribution in [0.25, 0.3) is 0 Å². The van der Waals surface area contributed by atoms with Gasteiger partial charge in [-0.25, -0.2) is 0 Å². The molecular formula is C21H34F2IN3O4. The number of alkyl halides is 2. The lowest BCUT2D eigenvalue weighted by atomic mass is 10.1. The van der Waals surface area contributed by atoms with Gasteiger partial charge < -0.3 is 29.2 Å². The fraction of sp³-hybridized carbons (Fsp3) is 0.667. The molecule has 1 aromatic rings. The highest BCUT2D eigenvalue weighted by molar-refractivity contribution is 14.0. The van der Waals surface area contributed by atoms with E-state index >= 15 is 0 Å². The average Bonchev–Trinajstić information content (AvgIpc) is 2.75. The molecule has 1 fully saturated rings. The third-order valence-electron chi connectivity index (χ3n) is 4.94. The summed E-state index contributed by atoms with van der Waals surface area (Å²) in [5.74, 6) is 1.17. The van der Waals surface area contributed by atoms with Crippen LogP contribution in [0, 0.1) is 0 Å². The van der Waals surface area contributed by atoms with Gasteiger partial charge >= 0.3 is 6.61 Å². The van der Waals surface area contributed by atoms with Gasteiger partial charge in [0, 0.05) is 47.0 Å². The van der Waals surface area contributed by atoms with Crippen LogP contribution in [0.4, 0.5) is 8.78 Å². The van der Waals surface area contributed by atoms with Gasteiger partial charge in [0.1, 0.15) is 0 Å². The van der Waals surface area contributed by atoms with Crippen molar-refractivity contribution >= 4 is 29.9 Å². The number of nitrogens with zero attached hydrogens (tertiary/aromatic N) is 2. The molecule has 0 bridgehead atoms. The second kappa shape index (κ2) is 15.4. The Bertz CT molecular complexity index is 660. The van der Waals surface area contributed by atoms with Crippen molar-refractivity contribution in [3.05, 3.63) is 23.8 Å². The van der Waals surface area contributed by atoms with Crippen molar-refractivity contribution in [2.24, 2.45) is 4.99 Å². The average molecular weight is 557 g/mol. The quantitative estimate of drug-likeness (QED) is 0.195. The molecule has 1 N–H and O–H groups in total. The predicted molar refractivity (Wildman–Crippen MR) is 127 cm³/mol. The summed E-state index contributed by atoms with van der Waals surface area (Å²) in [6.07, 6.45) is 3.75. The minimum atomic E-state index is -2.89. The van der Waals surface area contributed by atoms with Gasteiger partial charge in [0.05, 0.1) is 13.2 Å². The molecule has 10 heteroatoms. The van der Waals surface area contributed by atoms with Crippen molar-refractivity contribution in [1.82, 2.24) is 10.2 Å². The first-order valence-corrected chi connectivity index (χ1v) is 10.2. The van der Waals surface area contributed by atoms with E-state index in [0.717, 1.165) is 57.1 Å². The van der Waals surface area contributed by atoms with Crippen molar-refractivity contribution in [1.29, 1.82) is 0 Å². The van der Waals surface area contributed by atoms with E-state index < -0.39 is 6.61 Å². The minimum Gasteiger partial charge on any atom is -0.493 e. The van der Waals surface area contributed by atoms with Gasteiger partial charge in [-0.05, 0) is 43.4 Å². The fourth-order valence-corrected chi connectivity index (χ4v) is 3.40. The van der Waals surface area contributed by atoms with Crippen LogP contribution in [-0.4, -0.2) is 77.7 Å². The van der Waals surface area contributed by atoms with Gasteiger partial charge in [0.2, 0.25) is 0 Å². The summed E-state index contributed by atoms with van der Waals surface area (Å²) in [5.41, 5.74) is 0.873. The van der Waals surface area contributed by atoms with E-state index in [4.69, 9.17) is 14.2 Å². The number of nitrogens with one attached hydrogen (secondary N) is 1. The molecule has 0 radical (unpaired) electrons. The number of hydrogen-bond acceptors (Lipinski definition) is 5. The largest absolute Gasteiger partial charge is 0.493 e. The molecule has 0 unspecified atom stereocenters. The van der Waals surface area contributed by atoms with Crippen LogP contribution in [0.3, 0.4) is 0 Å². The monoisotopic (exact) mass is 557 g/mol. The van der Waals surface area contributed by atoms with Gasteiger partial charge in [0.15, 0.2) is 17.5 Å². The predicted octanol–water partition coefficient (Wildman–Crippen LogP) is 3.55. The third-order valence-corrected chi connectivity index (χ3v) is 4.94. The van der Waals surface area contributed by atoms with Crippen molar-refractivity contribution in [3.8, 4) is 11.5 Å². The summed E-state index contributed by atoms with van der Waals surface area (Å²) in [5, 5.41) is 3.35. The van der Waals surface area contributed by atoms with Gasteiger partial charge in [-0.2, -0.15) is 8.78 Å². The van der Waals surface area contributed by atoms with E-state index in [1.54, 1.807) is 26.3 Å². The molecule has 1 aliphatic rings. The maximum atomic E-state index is 12.6. The van der Waals surface area contributed by atoms with Crippen LogP contribution in [0.1, 0.15) is 24.8 Å². The molecule has 0 spiro atoms. The van der Waals surface area contributed by atoms with Crippen LogP contribution in [0.2, 0.25) is 0 Å². The molecule has 0 saturated carbocycles. The van der Waals surface area contributed by atoms with Gasteiger partial charge in [-0.15, -0.1) is 24.0 Å². The Balaban J connectivity index is 0.00000480. The summed E-state index contributed by atoms with van der Waals surface area (Å²) in [4.78, 5) is 6.59. The number of aliphatic imine (C=N–C) groups is 1. The number of rotatable bonds is 11. The lowest BCUT2D eigenvalue weighted by molar-refractivity contribution is -0.0512. The number of ether oxygens (including phenoxy) is 4. The number of likely N-dealkylation sites (tertiary alicyclic amines) is 1. The first kappa shape index (κ1) is 27.6. The van der Waals surface area contributed by atoms with Crippen molar-refractivity contribution in [3.63, 3.8) is 0 Å². The normalized spacial score (nSPS) is 15.0. The first-order valence-electron chi connectivity index (χ1n) is 10.2. The summed E-state index contributed by atoms with van der Waals surface area (Å²) in [6.45, 7) is 0.940. The third kappa shape index (κ3) is 9.73. The van der Waals surface area contributed by atoms with E-state index in [2.05, 4.69) is 19.9 Å². The highest BCUT2D eigenvalue weighted by atomic mass is 127. The van der Waals surface area contributed by atoms with Crippen LogP contribution < -0.4 is 14.8 Å². The number of halogens is 3. The van der Waals surface area contributed by atoms with E-state index in [9.17, 15) is 8.78 Å². The Morgan fingerprint density at radius 3 is 2.55 bits per heavy atom. The Morgan fingerprint density at radius 2 is 1.94 bits per heavy atom. The molecule has 1 saturated heterocycles.